The van der Waals surface area contributed by atoms with E-state index in [2.05, 4.69) is 12.2 Å². The Kier molecular flexibility index (Phi) is 3.18. The number of nitrogens with one attached hydrogen (secondary N) is 1. The van der Waals surface area contributed by atoms with E-state index in [-0.39, 0.29) is 5.91 Å². The first kappa shape index (κ1) is 8.85. The Morgan fingerprint density at radius 2 is 2.45 bits per heavy atom. The second-order valence-corrected chi connectivity index (χ2v) is 3.37. The molecule has 0 bridgehead atoms. The molecule has 2 atom stereocenters. The van der Waals surface area contributed by atoms with Crippen LogP contribution in [0.15, 0.2) is 0 Å². The van der Waals surface area contributed by atoms with Gasteiger partial charge in [-0.05, 0) is 12.3 Å². The first-order valence-electron chi connectivity index (χ1n) is 4.13. The zero-order valence-corrected chi connectivity index (χ0v) is 7.53. The van der Waals surface area contributed by atoms with Gasteiger partial charge in [0.2, 0.25) is 5.91 Å². The van der Waals surface area contributed by atoms with E-state index in [1.54, 1.807) is 0 Å². The summed E-state index contributed by atoms with van der Waals surface area (Å²) in [4.78, 5) is 11.2. The van der Waals surface area contributed by atoms with Crippen LogP contribution in [-0.4, -0.2) is 18.3 Å². The lowest BCUT2D eigenvalue weighted by atomic mass is 10.2. The zero-order valence-electron chi connectivity index (χ0n) is 6.77. The molecule has 0 aliphatic heterocycles. The Hall–Kier alpha value is -0.240. The Labute approximate surface area is 72.3 Å². The molecular formula is C8H14ClNO. The Morgan fingerprint density at radius 1 is 1.73 bits per heavy atom. The van der Waals surface area contributed by atoms with E-state index in [0.717, 1.165) is 12.8 Å². The van der Waals surface area contributed by atoms with Crippen molar-refractivity contribution in [3.63, 3.8) is 0 Å². The number of hydrogen-bond acceptors (Lipinski definition) is 1. The van der Waals surface area contributed by atoms with Gasteiger partial charge < -0.3 is 5.32 Å². The van der Waals surface area contributed by atoms with E-state index in [4.69, 9.17) is 11.6 Å². The molecule has 1 rings (SSSR count). The van der Waals surface area contributed by atoms with Crippen LogP contribution in [0.1, 0.15) is 19.8 Å². The van der Waals surface area contributed by atoms with E-state index >= 15 is 0 Å². The van der Waals surface area contributed by atoms with E-state index in [9.17, 15) is 4.79 Å². The minimum absolute atomic E-state index is 0.192. The van der Waals surface area contributed by atoms with Crippen molar-refractivity contribution >= 4 is 17.5 Å². The largest absolute Gasteiger partial charge is 0.355 e. The van der Waals surface area contributed by atoms with Crippen LogP contribution >= 0.6 is 11.6 Å². The Morgan fingerprint density at radius 3 is 2.91 bits per heavy atom. The molecule has 64 valence electrons. The lowest BCUT2D eigenvalue weighted by molar-refractivity contribution is -0.122. The molecule has 0 unspecified atom stereocenters. The van der Waals surface area contributed by atoms with E-state index in [1.807, 2.05) is 0 Å². The van der Waals surface area contributed by atoms with Crippen LogP contribution in [0.25, 0.3) is 0 Å². The molecule has 0 aromatic carbocycles. The summed E-state index contributed by atoms with van der Waals surface area (Å²) in [6.07, 6.45) is 2.20. The highest BCUT2D eigenvalue weighted by Gasteiger charge is 2.40. The number of amides is 1. The van der Waals surface area contributed by atoms with Crippen molar-refractivity contribution in [2.24, 2.45) is 11.8 Å². The van der Waals surface area contributed by atoms with Crippen LogP contribution in [0.2, 0.25) is 0 Å². The van der Waals surface area contributed by atoms with Gasteiger partial charge in [-0.3, -0.25) is 4.79 Å². The smallest absolute Gasteiger partial charge is 0.223 e. The number of rotatable bonds is 4. The molecular weight excluding hydrogens is 162 g/mol. The average molecular weight is 176 g/mol. The van der Waals surface area contributed by atoms with Gasteiger partial charge in [-0.25, -0.2) is 0 Å². The summed E-state index contributed by atoms with van der Waals surface area (Å²) in [5.74, 6) is 1.64. The summed E-state index contributed by atoms with van der Waals surface area (Å²) in [5, 5.41) is 2.79. The van der Waals surface area contributed by atoms with Crippen LogP contribution in [-0.2, 0) is 4.79 Å². The molecule has 3 heteroatoms. The minimum Gasteiger partial charge on any atom is -0.355 e. The molecule has 1 amide bonds. The predicted molar refractivity (Wildman–Crippen MR) is 45.6 cm³/mol. The van der Waals surface area contributed by atoms with Gasteiger partial charge in [0.15, 0.2) is 0 Å². The van der Waals surface area contributed by atoms with Crippen LogP contribution in [0.5, 0.6) is 0 Å². The fourth-order valence-corrected chi connectivity index (χ4v) is 1.42. The Balaban J connectivity index is 2.12. The topological polar surface area (TPSA) is 29.1 Å². The highest BCUT2D eigenvalue weighted by molar-refractivity contribution is 6.18. The third-order valence-corrected chi connectivity index (χ3v) is 2.37. The van der Waals surface area contributed by atoms with Crippen molar-refractivity contribution in [3.05, 3.63) is 0 Å². The van der Waals surface area contributed by atoms with Crippen LogP contribution in [0.3, 0.4) is 0 Å². The van der Waals surface area contributed by atoms with Crippen LogP contribution < -0.4 is 5.32 Å². The molecule has 0 aromatic rings. The molecule has 11 heavy (non-hydrogen) atoms. The second-order valence-electron chi connectivity index (χ2n) is 2.99. The van der Waals surface area contributed by atoms with Crippen molar-refractivity contribution < 1.29 is 4.79 Å². The van der Waals surface area contributed by atoms with Crippen LogP contribution in [0, 0.1) is 11.8 Å². The van der Waals surface area contributed by atoms with Gasteiger partial charge in [0, 0.05) is 18.3 Å². The Bertz CT molecular complexity index is 149. The van der Waals surface area contributed by atoms with Crippen molar-refractivity contribution in [2.45, 2.75) is 19.8 Å². The molecule has 0 heterocycles. The molecule has 2 nitrogen and oxygen atoms in total. The fraction of sp³-hybridized carbons (Fsp3) is 0.875. The maximum atomic E-state index is 11.2. The van der Waals surface area contributed by atoms with Crippen molar-refractivity contribution in [2.75, 3.05) is 12.4 Å². The first-order chi connectivity index (χ1) is 5.29. The van der Waals surface area contributed by atoms with Gasteiger partial charge in [0.05, 0.1) is 0 Å². The number of halogens is 1. The first-order valence-corrected chi connectivity index (χ1v) is 4.66. The van der Waals surface area contributed by atoms with Gasteiger partial charge in [0.1, 0.15) is 0 Å². The lowest BCUT2D eigenvalue weighted by Gasteiger charge is -2.00. The second kappa shape index (κ2) is 3.96. The molecule has 0 aromatic heterocycles. The highest BCUT2D eigenvalue weighted by Crippen LogP contribution is 2.40. The lowest BCUT2D eigenvalue weighted by Crippen LogP contribution is -2.27. The monoisotopic (exact) mass is 175 g/mol. The molecule has 1 saturated carbocycles. The van der Waals surface area contributed by atoms with Crippen molar-refractivity contribution in [1.82, 2.24) is 5.32 Å². The third kappa shape index (κ3) is 2.37. The summed E-state index contributed by atoms with van der Waals surface area (Å²) in [7, 11) is 0. The molecule has 0 radical (unpaired) electrons. The summed E-state index contributed by atoms with van der Waals surface area (Å²) >= 11 is 5.43. The van der Waals surface area contributed by atoms with Crippen molar-refractivity contribution in [3.8, 4) is 0 Å². The van der Waals surface area contributed by atoms with Gasteiger partial charge in [-0.15, -0.1) is 11.6 Å². The maximum absolute atomic E-state index is 11.2. The fourth-order valence-electron chi connectivity index (χ4n) is 1.32. The molecule has 1 N–H and O–H groups in total. The molecule has 1 aliphatic rings. The van der Waals surface area contributed by atoms with Gasteiger partial charge in [0.25, 0.3) is 0 Å². The summed E-state index contributed by atoms with van der Waals surface area (Å²) < 4.78 is 0. The standard InChI is InChI=1S/C8H14ClNO/c1-2-6-5-7(6)8(11)10-4-3-9/h6-7H,2-5H2,1H3,(H,10,11)/t6-,7-/m1/s1. The molecule has 1 aliphatic carbocycles. The zero-order chi connectivity index (χ0) is 8.27. The van der Waals surface area contributed by atoms with E-state index in [0.29, 0.717) is 24.3 Å². The highest BCUT2D eigenvalue weighted by atomic mass is 35.5. The molecule has 0 spiro atoms. The number of hydrogen-bond donors (Lipinski definition) is 1. The average Bonchev–Trinajstić information content (AvgIpc) is 2.78. The molecule has 1 fully saturated rings. The maximum Gasteiger partial charge on any atom is 0.223 e. The van der Waals surface area contributed by atoms with Crippen LogP contribution in [0.4, 0.5) is 0 Å². The van der Waals surface area contributed by atoms with Gasteiger partial charge in [-0.1, -0.05) is 13.3 Å². The number of carbonyl (C=O) groups excluding carboxylic acids is 1. The van der Waals surface area contributed by atoms with E-state index < -0.39 is 0 Å². The summed E-state index contributed by atoms with van der Waals surface area (Å²) in [6, 6.07) is 0. The summed E-state index contributed by atoms with van der Waals surface area (Å²) in [6.45, 7) is 2.73. The number of carbonyl (C=O) groups is 1. The van der Waals surface area contributed by atoms with E-state index in [1.165, 1.54) is 0 Å². The van der Waals surface area contributed by atoms with Gasteiger partial charge >= 0.3 is 0 Å². The third-order valence-electron chi connectivity index (χ3n) is 2.18. The van der Waals surface area contributed by atoms with Crippen molar-refractivity contribution in [1.29, 1.82) is 0 Å². The van der Waals surface area contributed by atoms with Gasteiger partial charge in [-0.2, -0.15) is 0 Å². The predicted octanol–water partition coefficient (Wildman–Crippen LogP) is 1.39. The SMILES string of the molecule is CC[C@@H]1C[C@H]1C(=O)NCCCl. The minimum atomic E-state index is 0.192. The quantitative estimate of drug-likeness (QED) is 0.643. The molecule has 0 saturated heterocycles. The number of alkyl halides is 1. The normalized spacial score (nSPS) is 28.2. The summed E-state index contributed by atoms with van der Waals surface area (Å²) in [5.41, 5.74) is 0.